The Kier molecular flexibility index (Phi) is 4.48. The van der Waals surface area contributed by atoms with Gasteiger partial charge in [-0.1, -0.05) is 12.1 Å². The highest BCUT2D eigenvalue weighted by molar-refractivity contribution is 5.92. The average Bonchev–Trinajstić information content (AvgIpc) is 3.01. The molecule has 2 aromatic rings. The molecule has 128 valence electrons. The molecule has 2 heterocycles. The normalized spacial score (nSPS) is 15.6. The fraction of sp³-hybridized carbons (Fsp3) is 0.375. The maximum Gasteiger partial charge on any atom is 0.273 e. The molecule has 1 aliphatic rings. The number of rotatable bonds is 6. The van der Waals surface area contributed by atoms with Crippen LogP contribution in [-0.4, -0.2) is 30.8 Å². The standard InChI is InChI=1S/C16H16F2N2O4/c1-16(8-22-9-16)7-19-15(21)14-5-11(24-20-14)6-23-10-2-3-12(17)13(18)4-10/h2-5H,6-9H2,1H3,(H,19,21). The van der Waals surface area contributed by atoms with Crippen molar-refractivity contribution in [1.82, 2.24) is 10.5 Å². The van der Waals surface area contributed by atoms with Crippen LogP contribution in [0.3, 0.4) is 0 Å². The summed E-state index contributed by atoms with van der Waals surface area (Å²) in [5, 5.41) is 6.44. The molecule has 1 aromatic heterocycles. The summed E-state index contributed by atoms with van der Waals surface area (Å²) in [6.45, 7) is 3.66. The summed E-state index contributed by atoms with van der Waals surface area (Å²) in [6.07, 6.45) is 0. The molecule has 6 nitrogen and oxygen atoms in total. The Morgan fingerprint density at radius 3 is 2.79 bits per heavy atom. The zero-order valence-corrected chi connectivity index (χ0v) is 13.0. The summed E-state index contributed by atoms with van der Waals surface area (Å²) in [5.41, 5.74) is 0.0839. The summed E-state index contributed by atoms with van der Waals surface area (Å²) in [7, 11) is 0. The first-order chi connectivity index (χ1) is 11.5. The summed E-state index contributed by atoms with van der Waals surface area (Å²) >= 11 is 0. The van der Waals surface area contributed by atoms with E-state index in [4.69, 9.17) is 14.0 Å². The maximum absolute atomic E-state index is 13.1. The minimum atomic E-state index is -1.00. The fourth-order valence-corrected chi connectivity index (χ4v) is 2.15. The van der Waals surface area contributed by atoms with Gasteiger partial charge in [0.25, 0.3) is 5.91 Å². The molecular formula is C16H16F2N2O4. The molecule has 3 rings (SSSR count). The number of hydrogen-bond donors (Lipinski definition) is 1. The quantitative estimate of drug-likeness (QED) is 0.875. The first kappa shape index (κ1) is 16.4. The van der Waals surface area contributed by atoms with Crippen LogP contribution < -0.4 is 10.1 Å². The van der Waals surface area contributed by atoms with Crippen LogP contribution in [0.5, 0.6) is 5.75 Å². The van der Waals surface area contributed by atoms with Crippen LogP contribution in [0.15, 0.2) is 28.8 Å². The molecule has 0 aliphatic carbocycles. The minimum absolute atomic E-state index is 0.0437. The van der Waals surface area contributed by atoms with Crippen molar-refractivity contribution in [1.29, 1.82) is 0 Å². The summed E-state index contributed by atoms with van der Waals surface area (Å²) in [5.74, 6) is -1.87. The number of aromatic nitrogens is 1. The number of nitrogens with one attached hydrogen (secondary N) is 1. The van der Waals surface area contributed by atoms with Gasteiger partial charge in [0.15, 0.2) is 23.1 Å². The maximum atomic E-state index is 13.1. The number of amides is 1. The van der Waals surface area contributed by atoms with Crippen molar-refractivity contribution in [2.45, 2.75) is 13.5 Å². The monoisotopic (exact) mass is 338 g/mol. The Hall–Kier alpha value is -2.48. The molecule has 1 amide bonds. The molecule has 0 saturated carbocycles. The molecule has 0 spiro atoms. The number of halogens is 2. The Balaban J connectivity index is 1.52. The molecule has 24 heavy (non-hydrogen) atoms. The van der Waals surface area contributed by atoms with E-state index in [1.807, 2.05) is 6.92 Å². The van der Waals surface area contributed by atoms with Crippen LogP contribution in [0, 0.1) is 17.0 Å². The molecule has 0 radical (unpaired) electrons. The first-order valence-corrected chi connectivity index (χ1v) is 7.35. The third kappa shape index (κ3) is 3.70. The smallest absolute Gasteiger partial charge is 0.273 e. The molecule has 0 bridgehead atoms. The lowest BCUT2D eigenvalue weighted by Gasteiger charge is -2.37. The van der Waals surface area contributed by atoms with Gasteiger partial charge in [-0.3, -0.25) is 4.79 Å². The van der Waals surface area contributed by atoms with Gasteiger partial charge in [-0.25, -0.2) is 8.78 Å². The second kappa shape index (κ2) is 6.56. The zero-order valence-electron chi connectivity index (χ0n) is 13.0. The number of carbonyl (C=O) groups is 1. The van der Waals surface area contributed by atoms with Gasteiger partial charge < -0.3 is 19.3 Å². The first-order valence-electron chi connectivity index (χ1n) is 7.35. The van der Waals surface area contributed by atoms with Crippen molar-refractivity contribution < 1.29 is 27.6 Å². The summed E-state index contributed by atoms with van der Waals surface area (Å²) in [4.78, 5) is 12.0. The van der Waals surface area contributed by atoms with Gasteiger partial charge in [0, 0.05) is 24.1 Å². The minimum Gasteiger partial charge on any atom is -0.485 e. The number of hydrogen-bond acceptors (Lipinski definition) is 5. The molecule has 0 atom stereocenters. The van der Waals surface area contributed by atoms with Crippen molar-refractivity contribution in [2.24, 2.45) is 5.41 Å². The SMILES string of the molecule is CC1(CNC(=O)c2cc(COc3ccc(F)c(F)c3)on2)COC1. The predicted octanol–water partition coefficient (Wildman–Crippen LogP) is 2.30. The van der Waals surface area contributed by atoms with Gasteiger partial charge in [-0.2, -0.15) is 0 Å². The van der Waals surface area contributed by atoms with E-state index >= 15 is 0 Å². The fourth-order valence-electron chi connectivity index (χ4n) is 2.15. The summed E-state index contributed by atoms with van der Waals surface area (Å²) < 4.78 is 41.3. The number of nitrogens with zero attached hydrogens (tertiary/aromatic N) is 1. The Morgan fingerprint density at radius 2 is 2.12 bits per heavy atom. The van der Waals surface area contributed by atoms with Crippen LogP contribution >= 0.6 is 0 Å². The molecule has 1 fully saturated rings. The largest absolute Gasteiger partial charge is 0.485 e. The molecule has 1 saturated heterocycles. The highest BCUT2D eigenvalue weighted by atomic mass is 19.2. The molecule has 0 unspecified atom stereocenters. The van der Waals surface area contributed by atoms with Crippen LogP contribution in [-0.2, 0) is 11.3 Å². The molecule has 1 aliphatic heterocycles. The van der Waals surface area contributed by atoms with Crippen molar-refractivity contribution >= 4 is 5.91 Å². The third-order valence-electron chi connectivity index (χ3n) is 3.64. The van der Waals surface area contributed by atoms with Gasteiger partial charge in [0.1, 0.15) is 12.4 Å². The predicted molar refractivity (Wildman–Crippen MR) is 78.5 cm³/mol. The Morgan fingerprint density at radius 1 is 1.33 bits per heavy atom. The lowest BCUT2D eigenvalue weighted by Crippen LogP contribution is -2.48. The van der Waals surface area contributed by atoms with Gasteiger partial charge in [-0.05, 0) is 12.1 Å². The second-order valence-electron chi connectivity index (χ2n) is 6.03. The van der Waals surface area contributed by atoms with Crippen LogP contribution in [0.1, 0.15) is 23.2 Å². The van der Waals surface area contributed by atoms with E-state index in [2.05, 4.69) is 10.5 Å². The van der Waals surface area contributed by atoms with Crippen LogP contribution in [0.25, 0.3) is 0 Å². The van der Waals surface area contributed by atoms with Crippen molar-refractivity contribution in [3.8, 4) is 5.75 Å². The summed E-state index contributed by atoms with van der Waals surface area (Å²) in [6, 6.07) is 4.63. The zero-order chi connectivity index (χ0) is 17.2. The highest BCUT2D eigenvalue weighted by Crippen LogP contribution is 2.25. The van der Waals surface area contributed by atoms with E-state index in [1.165, 1.54) is 12.1 Å². The van der Waals surface area contributed by atoms with Gasteiger partial charge in [-0.15, -0.1) is 0 Å². The van der Waals surface area contributed by atoms with E-state index in [9.17, 15) is 13.6 Å². The number of carbonyl (C=O) groups excluding carboxylic acids is 1. The Labute approximate surface area is 136 Å². The van der Waals surface area contributed by atoms with Crippen LogP contribution in [0.4, 0.5) is 8.78 Å². The lowest BCUT2D eigenvalue weighted by molar-refractivity contribution is -0.0978. The van der Waals surface area contributed by atoms with E-state index in [-0.39, 0.29) is 29.4 Å². The van der Waals surface area contributed by atoms with Crippen molar-refractivity contribution in [3.63, 3.8) is 0 Å². The van der Waals surface area contributed by atoms with Gasteiger partial charge >= 0.3 is 0 Å². The van der Waals surface area contributed by atoms with E-state index in [0.717, 1.165) is 12.1 Å². The van der Waals surface area contributed by atoms with Crippen molar-refractivity contribution in [2.75, 3.05) is 19.8 Å². The van der Waals surface area contributed by atoms with E-state index in [1.54, 1.807) is 0 Å². The molecule has 1 N–H and O–H groups in total. The number of ether oxygens (including phenoxy) is 2. The molecular weight excluding hydrogens is 322 g/mol. The topological polar surface area (TPSA) is 73.6 Å². The third-order valence-corrected chi connectivity index (χ3v) is 3.64. The van der Waals surface area contributed by atoms with E-state index in [0.29, 0.717) is 25.5 Å². The van der Waals surface area contributed by atoms with Crippen molar-refractivity contribution in [3.05, 3.63) is 47.4 Å². The van der Waals surface area contributed by atoms with E-state index < -0.39 is 11.6 Å². The average molecular weight is 338 g/mol. The second-order valence-corrected chi connectivity index (χ2v) is 6.03. The molecule has 1 aromatic carbocycles. The van der Waals surface area contributed by atoms with Gasteiger partial charge in [0.2, 0.25) is 0 Å². The Bertz CT molecular complexity index is 743. The highest BCUT2D eigenvalue weighted by Gasteiger charge is 2.33. The number of benzene rings is 1. The van der Waals surface area contributed by atoms with Crippen LogP contribution in [0.2, 0.25) is 0 Å². The van der Waals surface area contributed by atoms with Gasteiger partial charge in [0.05, 0.1) is 13.2 Å². The molecule has 8 heteroatoms. The lowest BCUT2D eigenvalue weighted by atomic mass is 9.89.